The second kappa shape index (κ2) is 10.3. The van der Waals surface area contributed by atoms with Gasteiger partial charge in [-0.2, -0.15) is 0 Å². The van der Waals surface area contributed by atoms with Gasteiger partial charge in [-0.25, -0.2) is 14.2 Å². The molecule has 0 aliphatic carbocycles. The lowest BCUT2D eigenvalue weighted by Crippen LogP contribution is -2.46. The summed E-state index contributed by atoms with van der Waals surface area (Å²) < 4.78 is 21.1. The van der Waals surface area contributed by atoms with Crippen molar-refractivity contribution in [1.29, 1.82) is 0 Å². The molecule has 1 unspecified atom stereocenters. The molecule has 168 valence electrons. The first-order valence-electron chi connectivity index (χ1n) is 10.4. The monoisotopic (exact) mass is 471 g/mol. The van der Waals surface area contributed by atoms with Gasteiger partial charge in [-0.15, -0.1) is 0 Å². The van der Waals surface area contributed by atoms with Crippen LogP contribution in [0.5, 0.6) is 5.75 Å². The third kappa shape index (κ3) is 5.56. The summed E-state index contributed by atoms with van der Waals surface area (Å²) in [4.78, 5) is 14.1. The number of aromatic nitrogens is 2. The van der Waals surface area contributed by atoms with Gasteiger partial charge in [-0.1, -0.05) is 23.7 Å². The Morgan fingerprint density at radius 3 is 2.53 bits per heavy atom. The van der Waals surface area contributed by atoms with Crippen LogP contribution in [0.2, 0.25) is 5.02 Å². The van der Waals surface area contributed by atoms with Crippen LogP contribution in [-0.4, -0.2) is 52.4 Å². The van der Waals surface area contributed by atoms with Gasteiger partial charge in [0, 0.05) is 55.3 Å². The molecule has 1 aliphatic heterocycles. The third-order valence-corrected chi connectivity index (χ3v) is 6.71. The number of methoxy groups -OCH3 is 1. The molecule has 3 aromatic rings. The van der Waals surface area contributed by atoms with Crippen molar-refractivity contribution in [3.63, 3.8) is 0 Å². The highest BCUT2D eigenvalue weighted by Gasteiger charge is 2.19. The van der Waals surface area contributed by atoms with Gasteiger partial charge in [0.25, 0.3) is 0 Å². The topological polar surface area (TPSA) is 70.6 Å². The zero-order chi connectivity index (χ0) is 22.5. The molecule has 0 saturated carbocycles. The van der Waals surface area contributed by atoms with Crippen LogP contribution in [0.25, 0.3) is 0 Å². The number of hydrogen-bond acceptors (Lipinski definition) is 6. The summed E-state index contributed by atoms with van der Waals surface area (Å²) in [6, 6.07) is 15.0. The Kier molecular flexibility index (Phi) is 7.24. The lowest BCUT2D eigenvalue weighted by molar-refractivity contribution is 0.248. The highest BCUT2D eigenvalue weighted by molar-refractivity contribution is 7.86. The fourth-order valence-corrected chi connectivity index (χ4v) is 4.85. The van der Waals surface area contributed by atoms with E-state index < -0.39 is 11.0 Å². The maximum Gasteiger partial charge on any atom is 0.225 e. The molecule has 9 heteroatoms. The van der Waals surface area contributed by atoms with E-state index in [0.29, 0.717) is 15.7 Å². The second-order valence-electron chi connectivity index (χ2n) is 7.62. The Balaban J connectivity index is 1.32. The summed E-state index contributed by atoms with van der Waals surface area (Å²) in [6.45, 7) is 6.58. The summed E-state index contributed by atoms with van der Waals surface area (Å²) in [7, 11) is 0.0679. The van der Waals surface area contributed by atoms with Crippen molar-refractivity contribution in [2.45, 2.75) is 18.4 Å². The van der Waals surface area contributed by atoms with E-state index in [4.69, 9.17) is 16.3 Å². The Morgan fingerprint density at radius 2 is 1.84 bits per heavy atom. The lowest BCUT2D eigenvalue weighted by Gasteiger charge is -2.34. The van der Waals surface area contributed by atoms with Crippen molar-refractivity contribution >= 4 is 34.2 Å². The number of hydrogen-bond donors (Lipinski definition) is 1. The van der Waals surface area contributed by atoms with Crippen LogP contribution in [-0.2, 0) is 17.5 Å². The van der Waals surface area contributed by atoms with Crippen molar-refractivity contribution in [2.24, 2.45) is 0 Å². The average molecular weight is 472 g/mol. The molecular formula is C23H26ClN5O2S. The Hall–Kier alpha value is -2.68. The normalized spacial score (nSPS) is 15.4. The van der Waals surface area contributed by atoms with E-state index in [2.05, 4.69) is 36.6 Å². The van der Waals surface area contributed by atoms with Gasteiger partial charge >= 0.3 is 0 Å². The predicted molar refractivity (Wildman–Crippen MR) is 129 cm³/mol. The molecule has 4 rings (SSSR count). The number of benzene rings is 2. The maximum atomic E-state index is 12.8. The Bertz CT molecular complexity index is 1090. The molecule has 1 saturated heterocycles. The van der Waals surface area contributed by atoms with Crippen LogP contribution in [0.1, 0.15) is 11.3 Å². The molecule has 0 spiro atoms. The minimum Gasteiger partial charge on any atom is -0.495 e. The largest absolute Gasteiger partial charge is 0.495 e. The molecule has 1 aromatic heterocycles. The molecule has 1 aliphatic rings. The van der Waals surface area contributed by atoms with Gasteiger partial charge in [0.2, 0.25) is 5.95 Å². The second-order valence-corrected chi connectivity index (χ2v) is 9.24. The number of anilines is 2. The van der Waals surface area contributed by atoms with Crippen LogP contribution in [0.4, 0.5) is 11.6 Å². The van der Waals surface area contributed by atoms with Gasteiger partial charge < -0.3 is 14.4 Å². The molecule has 1 fully saturated rings. The van der Waals surface area contributed by atoms with Crippen molar-refractivity contribution in [3.05, 3.63) is 71.0 Å². The van der Waals surface area contributed by atoms with Crippen molar-refractivity contribution in [3.8, 4) is 5.75 Å². The zero-order valence-corrected chi connectivity index (χ0v) is 19.7. The summed E-state index contributed by atoms with van der Waals surface area (Å²) in [5.74, 6) is 1.34. The van der Waals surface area contributed by atoms with Crippen LogP contribution in [0.3, 0.4) is 0 Å². The van der Waals surface area contributed by atoms with E-state index in [-0.39, 0.29) is 0 Å². The van der Waals surface area contributed by atoms with Crippen LogP contribution < -0.4 is 14.4 Å². The zero-order valence-electron chi connectivity index (χ0n) is 18.1. The fraction of sp³-hybridized carbons (Fsp3) is 0.304. The molecule has 0 amide bonds. The molecule has 1 atom stereocenters. The van der Waals surface area contributed by atoms with E-state index in [1.165, 1.54) is 5.56 Å². The highest BCUT2D eigenvalue weighted by atomic mass is 35.5. The number of ether oxygens (including phenoxy) is 1. The molecule has 0 radical (unpaired) electrons. The van der Waals surface area contributed by atoms with E-state index >= 15 is 0 Å². The smallest absolute Gasteiger partial charge is 0.225 e. The van der Waals surface area contributed by atoms with Gasteiger partial charge in [0.05, 0.1) is 7.11 Å². The van der Waals surface area contributed by atoms with Gasteiger partial charge in [0.1, 0.15) is 10.6 Å². The number of nitrogens with zero attached hydrogens (tertiary/aromatic N) is 4. The quantitative estimate of drug-likeness (QED) is 0.563. The van der Waals surface area contributed by atoms with E-state index in [1.54, 1.807) is 25.3 Å². The summed E-state index contributed by atoms with van der Waals surface area (Å²) in [6.07, 6.45) is 1.81. The first-order valence-corrected chi connectivity index (χ1v) is 11.9. The predicted octanol–water partition coefficient (Wildman–Crippen LogP) is 3.90. The number of nitrogens with one attached hydrogen (secondary N) is 1. The first kappa shape index (κ1) is 22.5. The molecule has 1 N–H and O–H groups in total. The molecule has 7 nitrogen and oxygen atoms in total. The van der Waals surface area contributed by atoms with Crippen LogP contribution >= 0.6 is 11.6 Å². The van der Waals surface area contributed by atoms with Gasteiger partial charge in [-0.05, 0) is 48.9 Å². The Morgan fingerprint density at radius 1 is 1.09 bits per heavy atom. The van der Waals surface area contributed by atoms with E-state index in [1.807, 2.05) is 31.3 Å². The number of halogens is 1. The standard InChI is InChI=1S/C23H26ClN5O2S/c1-17-9-10-25-23(26-17)29-13-11-28(12-14-29)16-18-3-6-20(7-4-18)27-32(30)22-15-19(24)5-8-21(22)31-2/h3-10,15,27H,11-14,16H2,1-2H3. The summed E-state index contributed by atoms with van der Waals surface area (Å²) in [5, 5.41) is 0.514. The molecular weight excluding hydrogens is 446 g/mol. The summed E-state index contributed by atoms with van der Waals surface area (Å²) in [5.41, 5.74) is 2.97. The molecule has 32 heavy (non-hydrogen) atoms. The minimum atomic E-state index is -1.48. The van der Waals surface area contributed by atoms with Gasteiger partial charge in [-0.3, -0.25) is 4.90 Å². The molecule has 0 bridgehead atoms. The van der Waals surface area contributed by atoms with E-state index in [9.17, 15) is 4.21 Å². The third-order valence-electron chi connectivity index (χ3n) is 5.33. The average Bonchev–Trinajstić information content (AvgIpc) is 2.81. The molecule has 2 aromatic carbocycles. The van der Waals surface area contributed by atoms with Gasteiger partial charge in [0.15, 0.2) is 11.0 Å². The summed E-state index contributed by atoms with van der Waals surface area (Å²) >= 11 is 6.05. The minimum absolute atomic E-state index is 0.513. The van der Waals surface area contributed by atoms with Crippen LogP contribution in [0, 0.1) is 6.92 Å². The van der Waals surface area contributed by atoms with Crippen molar-refractivity contribution in [1.82, 2.24) is 14.9 Å². The first-order chi connectivity index (χ1) is 15.5. The maximum absolute atomic E-state index is 12.8. The number of aryl methyl sites for hydroxylation is 1. The number of rotatable bonds is 7. The van der Waals surface area contributed by atoms with Crippen molar-refractivity contribution < 1.29 is 8.95 Å². The highest BCUT2D eigenvalue weighted by Crippen LogP contribution is 2.27. The SMILES string of the molecule is COc1ccc(Cl)cc1S(=O)Nc1ccc(CN2CCN(c3nccc(C)n3)CC2)cc1. The lowest BCUT2D eigenvalue weighted by atomic mass is 10.2. The molecule has 2 heterocycles. The Labute approximate surface area is 196 Å². The van der Waals surface area contributed by atoms with E-state index in [0.717, 1.165) is 50.1 Å². The van der Waals surface area contributed by atoms with Crippen LogP contribution in [0.15, 0.2) is 59.6 Å². The fourth-order valence-electron chi connectivity index (χ4n) is 3.59. The van der Waals surface area contributed by atoms with Crippen molar-refractivity contribution in [2.75, 3.05) is 42.9 Å². The number of piperazine rings is 1.